The molecule has 0 radical (unpaired) electrons. The molecule has 0 saturated carbocycles. The highest BCUT2D eigenvalue weighted by atomic mass is 35.5. The number of fused-ring (bicyclic) bond motifs is 1. The molecule has 140 valence electrons. The van der Waals surface area contributed by atoms with E-state index in [1.807, 2.05) is 0 Å². The van der Waals surface area contributed by atoms with Gasteiger partial charge in [0.15, 0.2) is 0 Å². The Hall–Kier alpha value is -3.06. The molecule has 3 aromatic rings. The Morgan fingerprint density at radius 3 is 2.74 bits per heavy atom. The Balaban J connectivity index is 1.67. The van der Waals surface area contributed by atoms with Crippen LogP contribution in [-0.2, 0) is 11.3 Å². The number of hydrogen-bond acceptors (Lipinski definition) is 5. The molecular formula is C19H17ClN2O5. The molecule has 1 heterocycles. The molecule has 0 bridgehead atoms. The van der Waals surface area contributed by atoms with Crippen LogP contribution in [0.15, 0.2) is 52.1 Å². The van der Waals surface area contributed by atoms with Gasteiger partial charge in [-0.25, -0.2) is 9.59 Å². The molecule has 0 aliphatic rings. The number of aromatic amines is 1. The van der Waals surface area contributed by atoms with E-state index in [4.69, 9.17) is 21.1 Å². The van der Waals surface area contributed by atoms with Crippen LogP contribution in [0.2, 0.25) is 5.02 Å². The molecule has 8 heteroatoms. The van der Waals surface area contributed by atoms with Crippen LogP contribution < -0.4 is 16.0 Å². The third kappa shape index (κ3) is 4.03. The van der Waals surface area contributed by atoms with Crippen LogP contribution in [0.5, 0.6) is 5.75 Å². The molecule has 27 heavy (non-hydrogen) atoms. The number of nitrogens with zero attached hydrogens (tertiary/aromatic N) is 1. The third-order valence-corrected chi connectivity index (χ3v) is 4.27. The lowest BCUT2D eigenvalue weighted by Crippen LogP contribution is -2.35. The van der Waals surface area contributed by atoms with Gasteiger partial charge in [-0.15, -0.1) is 0 Å². The van der Waals surface area contributed by atoms with E-state index < -0.39 is 11.7 Å². The molecule has 1 N–H and O–H groups in total. The molecule has 7 nitrogen and oxygen atoms in total. The molecule has 0 unspecified atom stereocenters. The first kappa shape index (κ1) is 18.7. The van der Waals surface area contributed by atoms with Crippen molar-refractivity contribution in [2.75, 3.05) is 13.7 Å². The molecule has 3 rings (SSSR count). The lowest BCUT2D eigenvalue weighted by molar-refractivity contribution is 0.0492. The maximum atomic E-state index is 12.4. The zero-order valence-corrected chi connectivity index (χ0v) is 15.3. The largest absolute Gasteiger partial charge is 0.496 e. The van der Waals surface area contributed by atoms with E-state index in [1.54, 1.807) is 36.4 Å². The molecule has 0 spiro atoms. The zero-order chi connectivity index (χ0) is 19.4. The van der Waals surface area contributed by atoms with Gasteiger partial charge in [-0.1, -0.05) is 23.7 Å². The first-order chi connectivity index (χ1) is 13.0. The highest BCUT2D eigenvalue weighted by Crippen LogP contribution is 2.23. The van der Waals surface area contributed by atoms with Gasteiger partial charge in [0.1, 0.15) is 11.3 Å². The normalized spacial score (nSPS) is 10.7. The number of hydrogen-bond donors (Lipinski definition) is 1. The van der Waals surface area contributed by atoms with E-state index >= 15 is 0 Å². The number of carbonyl (C=O) groups excluding carboxylic acids is 1. The number of esters is 1. The lowest BCUT2D eigenvalue weighted by Gasteiger charge is -2.10. The van der Waals surface area contributed by atoms with Crippen molar-refractivity contribution in [1.82, 2.24) is 9.55 Å². The number of ether oxygens (including phenoxy) is 2. The molecule has 0 aliphatic carbocycles. The van der Waals surface area contributed by atoms with E-state index in [9.17, 15) is 14.4 Å². The van der Waals surface area contributed by atoms with Gasteiger partial charge in [-0.2, -0.15) is 0 Å². The summed E-state index contributed by atoms with van der Waals surface area (Å²) in [5.41, 5.74) is -0.173. The number of nitrogens with one attached hydrogen (secondary N) is 1. The van der Waals surface area contributed by atoms with Gasteiger partial charge in [0, 0.05) is 11.6 Å². The van der Waals surface area contributed by atoms with Gasteiger partial charge in [-0.3, -0.25) is 9.36 Å². The molecule has 1 aromatic heterocycles. The minimum atomic E-state index is -0.589. The lowest BCUT2D eigenvalue weighted by atomic mass is 10.2. The Labute approximate surface area is 159 Å². The number of carbonyl (C=O) groups is 1. The summed E-state index contributed by atoms with van der Waals surface area (Å²) in [7, 11) is 1.44. The summed E-state index contributed by atoms with van der Waals surface area (Å²) in [5.74, 6) is -0.235. The number of H-pyrrole nitrogens is 1. The predicted octanol–water partition coefficient (Wildman–Crippen LogP) is 2.60. The Kier molecular flexibility index (Phi) is 5.61. The topological polar surface area (TPSA) is 90.4 Å². The molecular weight excluding hydrogens is 372 g/mol. The summed E-state index contributed by atoms with van der Waals surface area (Å²) in [4.78, 5) is 39.4. The first-order valence-electron chi connectivity index (χ1n) is 8.24. The minimum absolute atomic E-state index is 0.0349. The maximum absolute atomic E-state index is 12.4. The number of methoxy groups -OCH3 is 1. The fraction of sp³-hybridized carbons (Fsp3) is 0.211. The van der Waals surface area contributed by atoms with Crippen molar-refractivity contribution in [3.05, 3.63) is 73.9 Å². The monoisotopic (exact) mass is 388 g/mol. The van der Waals surface area contributed by atoms with Crippen molar-refractivity contribution in [1.29, 1.82) is 0 Å². The van der Waals surface area contributed by atoms with Crippen molar-refractivity contribution in [3.63, 3.8) is 0 Å². The van der Waals surface area contributed by atoms with Crippen LogP contribution in [0.1, 0.15) is 16.8 Å². The highest BCUT2D eigenvalue weighted by Gasteiger charge is 2.14. The van der Waals surface area contributed by atoms with E-state index in [1.165, 1.54) is 13.2 Å². The average molecular weight is 389 g/mol. The van der Waals surface area contributed by atoms with Gasteiger partial charge >= 0.3 is 11.7 Å². The second kappa shape index (κ2) is 8.09. The second-order valence-electron chi connectivity index (χ2n) is 5.77. The summed E-state index contributed by atoms with van der Waals surface area (Å²) in [6.07, 6.45) is 0.302. The molecule has 0 saturated heterocycles. The first-order valence-corrected chi connectivity index (χ1v) is 8.61. The van der Waals surface area contributed by atoms with Crippen LogP contribution in [0, 0.1) is 0 Å². The van der Waals surface area contributed by atoms with Crippen molar-refractivity contribution < 1.29 is 14.3 Å². The van der Waals surface area contributed by atoms with Crippen LogP contribution in [0.3, 0.4) is 0 Å². The van der Waals surface area contributed by atoms with Crippen molar-refractivity contribution in [3.8, 4) is 5.75 Å². The van der Waals surface area contributed by atoms with E-state index in [0.717, 1.165) is 4.57 Å². The number of aromatic nitrogens is 2. The van der Waals surface area contributed by atoms with Gasteiger partial charge in [-0.05, 0) is 36.8 Å². The summed E-state index contributed by atoms with van der Waals surface area (Å²) in [6.45, 7) is 0.159. The summed E-state index contributed by atoms with van der Waals surface area (Å²) in [5, 5.41) is 0.815. The third-order valence-electron chi connectivity index (χ3n) is 4.03. The maximum Gasteiger partial charge on any atom is 0.341 e. The van der Waals surface area contributed by atoms with Gasteiger partial charge in [0.05, 0.1) is 24.6 Å². The van der Waals surface area contributed by atoms with Gasteiger partial charge in [0.2, 0.25) is 0 Å². The SMILES string of the molecule is COc1ccc(Cl)cc1C(=O)OCCCn1c(=O)[nH]c2ccccc2c1=O. The Morgan fingerprint density at radius 2 is 1.96 bits per heavy atom. The minimum Gasteiger partial charge on any atom is -0.496 e. The van der Waals surface area contributed by atoms with Crippen molar-refractivity contribution in [2.45, 2.75) is 13.0 Å². The van der Waals surface area contributed by atoms with Crippen molar-refractivity contribution >= 4 is 28.5 Å². The fourth-order valence-corrected chi connectivity index (χ4v) is 2.88. The van der Waals surface area contributed by atoms with E-state index in [0.29, 0.717) is 28.1 Å². The predicted molar refractivity (Wildman–Crippen MR) is 102 cm³/mol. The van der Waals surface area contributed by atoms with Gasteiger partial charge < -0.3 is 14.5 Å². The summed E-state index contributed by atoms with van der Waals surface area (Å²) < 4.78 is 11.4. The molecule has 0 aliphatic heterocycles. The number of halogens is 1. The van der Waals surface area contributed by atoms with Crippen LogP contribution >= 0.6 is 11.6 Å². The Bertz CT molecular complexity index is 1100. The molecule has 0 amide bonds. The summed E-state index contributed by atoms with van der Waals surface area (Å²) >= 11 is 5.90. The second-order valence-corrected chi connectivity index (χ2v) is 6.20. The van der Waals surface area contributed by atoms with E-state index in [2.05, 4.69) is 4.98 Å². The summed E-state index contributed by atoms with van der Waals surface area (Å²) in [6, 6.07) is 11.4. The number of benzene rings is 2. The zero-order valence-electron chi connectivity index (χ0n) is 14.5. The average Bonchev–Trinajstić information content (AvgIpc) is 2.67. The molecule has 2 aromatic carbocycles. The van der Waals surface area contributed by atoms with E-state index in [-0.39, 0.29) is 24.3 Å². The van der Waals surface area contributed by atoms with Crippen molar-refractivity contribution in [2.24, 2.45) is 0 Å². The molecule has 0 fully saturated rings. The number of para-hydroxylation sites is 1. The number of rotatable bonds is 6. The van der Waals surface area contributed by atoms with Crippen LogP contribution in [0.4, 0.5) is 0 Å². The van der Waals surface area contributed by atoms with Crippen LogP contribution in [0.25, 0.3) is 10.9 Å². The standard InChI is InChI=1S/C19H17ClN2O5/c1-26-16-8-7-12(20)11-14(16)18(24)27-10-4-9-22-17(23)13-5-2-3-6-15(13)21-19(22)25/h2-3,5-8,11H,4,9-10H2,1H3,(H,21,25). The quantitative estimate of drug-likeness (QED) is 0.517. The highest BCUT2D eigenvalue weighted by molar-refractivity contribution is 6.31. The molecule has 0 atom stereocenters. The Morgan fingerprint density at radius 1 is 1.19 bits per heavy atom. The fourth-order valence-electron chi connectivity index (χ4n) is 2.71. The smallest absolute Gasteiger partial charge is 0.341 e. The van der Waals surface area contributed by atoms with Gasteiger partial charge in [0.25, 0.3) is 5.56 Å². The van der Waals surface area contributed by atoms with Crippen LogP contribution in [-0.4, -0.2) is 29.2 Å².